The highest BCUT2D eigenvalue weighted by Crippen LogP contribution is 2.39. The van der Waals surface area contributed by atoms with E-state index in [0.717, 1.165) is 11.1 Å². The zero-order valence-corrected chi connectivity index (χ0v) is 18.4. The average Bonchev–Trinajstić information content (AvgIpc) is 3.40. The first-order chi connectivity index (χ1) is 15.9. The molecule has 0 unspecified atom stereocenters. The number of anilines is 1. The van der Waals surface area contributed by atoms with Gasteiger partial charge in [0.25, 0.3) is 5.91 Å². The molecule has 0 aliphatic carbocycles. The largest absolute Gasteiger partial charge is 0.505 e. The van der Waals surface area contributed by atoms with E-state index in [4.69, 9.17) is 0 Å². The SMILES string of the molecule is CN1Cc2c(c(O)c3ncc(Cc4ccc(F)cc4)cc3c2CC(=O)Nc2nccs2)C1=O. The van der Waals surface area contributed by atoms with Crippen molar-refractivity contribution >= 4 is 39.2 Å². The van der Waals surface area contributed by atoms with Crippen LogP contribution in [0.25, 0.3) is 10.9 Å². The highest BCUT2D eigenvalue weighted by atomic mass is 32.1. The molecule has 4 aromatic rings. The summed E-state index contributed by atoms with van der Waals surface area (Å²) in [5.41, 5.74) is 3.49. The van der Waals surface area contributed by atoms with E-state index in [1.54, 1.807) is 37.0 Å². The molecule has 0 spiro atoms. The summed E-state index contributed by atoms with van der Waals surface area (Å²) in [6, 6.07) is 8.09. The third kappa shape index (κ3) is 3.91. The predicted octanol–water partition coefficient (Wildman–Crippen LogP) is 3.89. The van der Waals surface area contributed by atoms with Crippen LogP contribution in [0.15, 0.2) is 48.1 Å². The normalized spacial score (nSPS) is 12.9. The van der Waals surface area contributed by atoms with Crippen LogP contribution in [-0.4, -0.2) is 38.8 Å². The van der Waals surface area contributed by atoms with Gasteiger partial charge in [0.15, 0.2) is 10.9 Å². The summed E-state index contributed by atoms with van der Waals surface area (Å²) in [6.07, 6.45) is 3.74. The van der Waals surface area contributed by atoms with E-state index >= 15 is 0 Å². The molecule has 0 radical (unpaired) electrons. The molecule has 2 aromatic carbocycles. The van der Waals surface area contributed by atoms with E-state index in [-0.39, 0.29) is 40.9 Å². The fourth-order valence-electron chi connectivity index (χ4n) is 4.15. The van der Waals surface area contributed by atoms with Gasteiger partial charge in [-0.15, -0.1) is 11.3 Å². The second kappa shape index (κ2) is 8.25. The maximum atomic E-state index is 13.3. The number of benzene rings is 2. The van der Waals surface area contributed by atoms with Gasteiger partial charge in [0.1, 0.15) is 11.3 Å². The van der Waals surface area contributed by atoms with E-state index in [9.17, 15) is 19.1 Å². The molecule has 0 saturated carbocycles. The molecule has 0 saturated heterocycles. The Bertz CT molecular complexity index is 1390. The van der Waals surface area contributed by atoms with E-state index < -0.39 is 0 Å². The summed E-state index contributed by atoms with van der Waals surface area (Å²) >= 11 is 1.31. The Balaban J connectivity index is 1.60. The number of nitrogens with zero attached hydrogens (tertiary/aromatic N) is 3. The molecular formula is C24H19FN4O3S. The van der Waals surface area contributed by atoms with Crippen LogP contribution < -0.4 is 5.32 Å². The second-order valence-corrected chi connectivity index (χ2v) is 8.84. The molecule has 0 fully saturated rings. The highest BCUT2D eigenvalue weighted by molar-refractivity contribution is 7.13. The number of hydrogen-bond acceptors (Lipinski definition) is 6. The summed E-state index contributed by atoms with van der Waals surface area (Å²) in [6.45, 7) is 0.291. The fourth-order valence-corrected chi connectivity index (χ4v) is 4.70. The van der Waals surface area contributed by atoms with Crippen LogP contribution in [0.4, 0.5) is 9.52 Å². The Labute approximate surface area is 192 Å². The Morgan fingerprint density at radius 1 is 1.24 bits per heavy atom. The van der Waals surface area contributed by atoms with Crippen molar-refractivity contribution in [2.45, 2.75) is 19.4 Å². The maximum absolute atomic E-state index is 13.3. The van der Waals surface area contributed by atoms with Crippen molar-refractivity contribution in [3.63, 3.8) is 0 Å². The lowest BCUT2D eigenvalue weighted by molar-refractivity contribution is -0.115. The Kier molecular flexibility index (Phi) is 5.26. The third-order valence-corrected chi connectivity index (χ3v) is 6.38. The van der Waals surface area contributed by atoms with Gasteiger partial charge in [0.2, 0.25) is 5.91 Å². The van der Waals surface area contributed by atoms with Gasteiger partial charge in [0.05, 0.1) is 12.0 Å². The number of aromatic hydroxyl groups is 1. The van der Waals surface area contributed by atoms with Gasteiger partial charge in [-0.25, -0.2) is 9.37 Å². The number of amides is 2. The molecule has 33 heavy (non-hydrogen) atoms. The van der Waals surface area contributed by atoms with Gasteiger partial charge in [-0.05, 0) is 46.9 Å². The van der Waals surface area contributed by atoms with E-state index in [1.165, 1.54) is 28.4 Å². The number of hydrogen-bond donors (Lipinski definition) is 2. The quantitative estimate of drug-likeness (QED) is 0.469. The molecule has 0 atom stereocenters. The van der Waals surface area contributed by atoms with Crippen molar-refractivity contribution in [1.82, 2.24) is 14.9 Å². The number of rotatable bonds is 5. The number of phenolic OH excluding ortho intramolecular Hbond substituents is 1. The Morgan fingerprint density at radius 2 is 2.03 bits per heavy atom. The monoisotopic (exact) mass is 462 g/mol. The van der Waals surface area contributed by atoms with Crippen molar-refractivity contribution in [2.24, 2.45) is 0 Å². The van der Waals surface area contributed by atoms with Gasteiger partial charge < -0.3 is 15.3 Å². The van der Waals surface area contributed by atoms with Gasteiger partial charge in [-0.2, -0.15) is 0 Å². The number of fused-ring (bicyclic) bond motifs is 2. The third-order valence-electron chi connectivity index (χ3n) is 5.69. The zero-order chi connectivity index (χ0) is 23.1. The van der Waals surface area contributed by atoms with Gasteiger partial charge >= 0.3 is 0 Å². The highest BCUT2D eigenvalue weighted by Gasteiger charge is 2.33. The van der Waals surface area contributed by atoms with Gasteiger partial charge in [-0.3, -0.25) is 14.6 Å². The van der Waals surface area contributed by atoms with Crippen LogP contribution in [0.1, 0.15) is 32.6 Å². The topological polar surface area (TPSA) is 95.4 Å². The molecule has 166 valence electrons. The molecule has 2 amide bonds. The van der Waals surface area contributed by atoms with Crippen LogP contribution >= 0.6 is 11.3 Å². The average molecular weight is 463 g/mol. The van der Waals surface area contributed by atoms with Crippen LogP contribution in [-0.2, 0) is 24.2 Å². The maximum Gasteiger partial charge on any atom is 0.258 e. The standard InChI is InChI=1S/C24H19FN4O3S/c1-29-12-18-16(10-19(30)28-24-26-6-7-33-24)17-9-14(8-13-2-4-15(25)5-3-13)11-27-21(17)22(31)20(18)23(29)32/h2-7,9,11,31H,8,10,12H2,1H3,(H,26,28,30). The summed E-state index contributed by atoms with van der Waals surface area (Å²) in [5, 5.41) is 16.5. The van der Waals surface area contributed by atoms with Crippen LogP contribution in [0.5, 0.6) is 5.75 Å². The number of carbonyl (C=O) groups is 2. The Morgan fingerprint density at radius 3 is 2.76 bits per heavy atom. The molecule has 2 aromatic heterocycles. The Hall–Kier alpha value is -3.85. The number of nitrogens with one attached hydrogen (secondary N) is 1. The van der Waals surface area contributed by atoms with Crippen LogP contribution in [0.2, 0.25) is 0 Å². The molecule has 3 heterocycles. The fraction of sp³-hybridized carbons (Fsp3) is 0.167. The molecule has 5 rings (SSSR count). The van der Waals surface area contributed by atoms with Gasteiger partial charge in [0, 0.05) is 36.8 Å². The van der Waals surface area contributed by atoms with Gasteiger partial charge in [-0.1, -0.05) is 12.1 Å². The lowest BCUT2D eigenvalue weighted by atomic mass is 9.93. The van der Waals surface area contributed by atoms with Crippen molar-refractivity contribution in [3.8, 4) is 5.75 Å². The lowest BCUT2D eigenvalue weighted by Gasteiger charge is -2.14. The van der Waals surface area contributed by atoms with Crippen LogP contribution in [0, 0.1) is 5.82 Å². The summed E-state index contributed by atoms with van der Waals surface area (Å²) in [5.74, 6) is -1.06. The van der Waals surface area contributed by atoms with E-state index in [0.29, 0.717) is 34.6 Å². The predicted molar refractivity (Wildman–Crippen MR) is 123 cm³/mol. The number of phenols is 1. The summed E-state index contributed by atoms with van der Waals surface area (Å²) in [4.78, 5) is 35.5. The van der Waals surface area contributed by atoms with Crippen molar-refractivity contribution in [2.75, 3.05) is 12.4 Å². The second-order valence-electron chi connectivity index (χ2n) is 7.95. The van der Waals surface area contributed by atoms with Crippen molar-refractivity contribution < 1.29 is 19.1 Å². The molecule has 1 aliphatic heterocycles. The van der Waals surface area contributed by atoms with Crippen molar-refractivity contribution in [1.29, 1.82) is 0 Å². The number of pyridine rings is 1. The van der Waals surface area contributed by atoms with Crippen LogP contribution in [0.3, 0.4) is 0 Å². The summed E-state index contributed by atoms with van der Waals surface area (Å²) < 4.78 is 13.3. The first-order valence-corrected chi connectivity index (χ1v) is 11.1. The number of thiazole rings is 1. The molecule has 2 N–H and O–H groups in total. The molecular weight excluding hydrogens is 443 g/mol. The molecule has 9 heteroatoms. The lowest BCUT2D eigenvalue weighted by Crippen LogP contribution is -2.17. The molecule has 0 bridgehead atoms. The number of halogens is 1. The minimum absolute atomic E-state index is 0.00148. The van der Waals surface area contributed by atoms with Crippen molar-refractivity contribution in [3.05, 3.63) is 81.7 Å². The molecule has 1 aliphatic rings. The van der Waals surface area contributed by atoms with E-state index in [1.807, 2.05) is 6.07 Å². The smallest absolute Gasteiger partial charge is 0.258 e. The first kappa shape index (κ1) is 21.0. The van der Waals surface area contributed by atoms with E-state index in [2.05, 4.69) is 15.3 Å². The minimum Gasteiger partial charge on any atom is -0.505 e. The zero-order valence-electron chi connectivity index (χ0n) is 17.6. The number of aromatic nitrogens is 2. The minimum atomic E-state index is -0.307. The first-order valence-electron chi connectivity index (χ1n) is 10.2. The number of carbonyl (C=O) groups excluding carboxylic acids is 2. The molecule has 7 nitrogen and oxygen atoms in total. The summed E-state index contributed by atoms with van der Waals surface area (Å²) in [7, 11) is 1.65.